The van der Waals surface area contributed by atoms with Crippen molar-refractivity contribution in [3.63, 3.8) is 0 Å². The highest BCUT2D eigenvalue weighted by Gasteiger charge is 2.27. The summed E-state index contributed by atoms with van der Waals surface area (Å²) in [6.45, 7) is 4.80. The minimum absolute atomic E-state index is 0.0549. The zero-order valence-electron chi connectivity index (χ0n) is 11.8. The van der Waals surface area contributed by atoms with E-state index in [4.69, 9.17) is 11.6 Å². The first-order valence-electron chi connectivity index (χ1n) is 6.32. The fourth-order valence-corrected chi connectivity index (χ4v) is 2.48. The van der Waals surface area contributed by atoms with Gasteiger partial charge in [-0.1, -0.05) is 23.7 Å². The molecule has 0 saturated heterocycles. The Morgan fingerprint density at radius 2 is 2.10 bits per heavy atom. The average molecular weight is 308 g/mol. The van der Waals surface area contributed by atoms with Crippen LogP contribution in [0.2, 0.25) is 5.02 Å². The minimum atomic E-state index is -0.643. The first-order chi connectivity index (χ1) is 9.82. The van der Waals surface area contributed by atoms with Gasteiger partial charge in [-0.3, -0.25) is 19.6 Å². The van der Waals surface area contributed by atoms with Gasteiger partial charge in [0.05, 0.1) is 4.92 Å². The maximum Gasteiger partial charge on any atom is 0.312 e. The van der Waals surface area contributed by atoms with Crippen molar-refractivity contribution >= 4 is 23.1 Å². The molecule has 0 aliphatic carbocycles. The van der Waals surface area contributed by atoms with Crippen LogP contribution in [-0.4, -0.2) is 20.5 Å². The minimum Gasteiger partial charge on any atom is -0.292 e. The summed E-state index contributed by atoms with van der Waals surface area (Å²) in [7, 11) is 0. The van der Waals surface area contributed by atoms with E-state index < -0.39 is 11.0 Å². The van der Waals surface area contributed by atoms with E-state index in [-0.39, 0.29) is 11.5 Å². The van der Waals surface area contributed by atoms with Crippen LogP contribution in [0.15, 0.2) is 24.3 Å². The zero-order chi connectivity index (χ0) is 15.7. The molecule has 0 amide bonds. The van der Waals surface area contributed by atoms with Crippen LogP contribution in [0.5, 0.6) is 0 Å². The third-order valence-electron chi connectivity index (χ3n) is 3.32. The summed E-state index contributed by atoms with van der Waals surface area (Å²) in [6, 6.07) is 5.95. The molecule has 1 aromatic carbocycles. The number of rotatable bonds is 4. The average Bonchev–Trinajstić information content (AvgIpc) is 2.72. The highest BCUT2D eigenvalue weighted by molar-refractivity contribution is 6.31. The summed E-state index contributed by atoms with van der Waals surface area (Å²) in [5.41, 5.74) is 1.05. The molecule has 0 radical (unpaired) electrons. The number of ketones is 1. The van der Waals surface area contributed by atoms with Gasteiger partial charge in [-0.15, -0.1) is 0 Å². The molecule has 0 aliphatic heterocycles. The van der Waals surface area contributed by atoms with Crippen molar-refractivity contribution in [2.75, 3.05) is 0 Å². The number of hydrogen-bond acceptors (Lipinski definition) is 4. The Hall–Kier alpha value is -2.21. The number of nitro groups is 1. The Bertz CT molecular complexity index is 724. The second-order valence-electron chi connectivity index (χ2n) is 4.77. The smallest absolute Gasteiger partial charge is 0.292 e. The van der Waals surface area contributed by atoms with Gasteiger partial charge in [0.1, 0.15) is 17.4 Å². The molecule has 0 fully saturated rings. The molecule has 1 unspecified atom stereocenters. The molecule has 0 aliphatic rings. The first-order valence-corrected chi connectivity index (χ1v) is 6.70. The van der Waals surface area contributed by atoms with Crippen LogP contribution in [0.3, 0.4) is 0 Å². The van der Waals surface area contributed by atoms with Crippen LogP contribution in [0.1, 0.15) is 34.7 Å². The zero-order valence-corrected chi connectivity index (χ0v) is 12.6. The molecule has 0 saturated carbocycles. The standard InChI is InChI=1S/C14H14ClN3O3/c1-8-13(18(20)21)9(2)17(16-8)10(3)14(19)11-5-4-6-12(15)7-11/h4-7,10H,1-3H3. The number of hydrogen-bond donors (Lipinski definition) is 0. The Morgan fingerprint density at radius 1 is 1.43 bits per heavy atom. The van der Waals surface area contributed by atoms with Gasteiger partial charge in [-0.2, -0.15) is 5.10 Å². The predicted octanol–water partition coefficient (Wildman–Crippen LogP) is 3.51. The van der Waals surface area contributed by atoms with Gasteiger partial charge < -0.3 is 0 Å². The fourth-order valence-electron chi connectivity index (χ4n) is 2.29. The molecule has 0 N–H and O–H groups in total. The van der Waals surface area contributed by atoms with Crippen LogP contribution in [0, 0.1) is 24.0 Å². The summed E-state index contributed by atoms with van der Waals surface area (Å²) < 4.78 is 1.39. The Morgan fingerprint density at radius 3 is 2.62 bits per heavy atom. The quantitative estimate of drug-likeness (QED) is 0.492. The summed E-state index contributed by atoms with van der Waals surface area (Å²) in [4.78, 5) is 23.0. The molecular formula is C14H14ClN3O3. The van der Waals surface area contributed by atoms with Gasteiger partial charge >= 0.3 is 5.69 Å². The van der Waals surface area contributed by atoms with Gasteiger partial charge in [0.25, 0.3) is 0 Å². The van der Waals surface area contributed by atoms with Gasteiger partial charge in [0.2, 0.25) is 0 Å². The number of carbonyl (C=O) groups excluding carboxylic acids is 1. The number of Topliss-reactive ketones (excluding diaryl/α,β-unsaturated/α-hetero) is 1. The van der Waals surface area contributed by atoms with Crippen LogP contribution in [-0.2, 0) is 0 Å². The lowest BCUT2D eigenvalue weighted by Gasteiger charge is -2.12. The molecule has 1 heterocycles. The van der Waals surface area contributed by atoms with E-state index in [1.807, 2.05) is 0 Å². The van der Waals surface area contributed by atoms with Crippen molar-refractivity contribution in [1.82, 2.24) is 9.78 Å². The predicted molar refractivity (Wildman–Crippen MR) is 78.8 cm³/mol. The molecule has 1 atom stereocenters. The van der Waals surface area contributed by atoms with E-state index in [0.29, 0.717) is 22.0 Å². The van der Waals surface area contributed by atoms with E-state index in [1.165, 1.54) is 4.68 Å². The van der Waals surface area contributed by atoms with Gasteiger partial charge in [0.15, 0.2) is 5.78 Å². The highest BCUT2D eigenvalue weighted by atomic mass is 35.5. The summed E-state index contributed by atoms with van der Waals surface area (Å²) in [6.07, 6.45) is 0. The molecule has 21 heavy (non-hydrogen) atoms. The maximum absolute atomic E-state index is 12.5. The van der Waals surface area contributed by atoms with Gasteiger partial charge in [-0.25, -0.2) is 0 Å². The summed E-state index contributed by atoms with van der Waals surface area (Å²) in [5.74, 6) is -0.196. The largest absolute Gasteiger partial charge is 0.312 e. The third kappa shape index (κ3) is 2.80. The second kappa shape index (κ2) is 5.65. The number of nitrogens with zero attached hydrogens (tertiary/aromatic N) is 3. The Balaban J connectivity index is 2.41. The van der Waals surface area contributed by atoms with Crippen molar-refractivity contribution < 1.29 is 9.72 Å². The molecule has 110 valence electrons. The Labute approximate surface area is 126 Å². The van der Waals surface area contributed by atoms with Crippen molar-refractivity contribution in [1.29, 1.82) is 0 Å². The molecule has 6 nitrogen and oxygen atoms in total. The van der Waals surface area contributed by atoms with E-state index in [1.54, 1.807) is 45.0 Å². The second-order valence-corrected chi connectivity index (χ2v) is 5.21. The summed E-state index contributed by atoms with van der Waals surface area (Å²) in [5, 5.41) is 15.6. The SMILES string of the molecule is Cc1nn(C(C)C(=O)c2cccc(Cl)c2)c(C)c1[N+](=O)[O-]. The van der Waals surface area contributed by atoms with Crippen LogP contribution in [0.25, 0.3) is 0 Å². The van der Waals surface area contributed by atoms with Crippen LogP contribution < -0.4 is 0 Å². The van der Waals surface area contributed by atoms with Crippen molar-refractivity contribution in [2.45, 2.75) is 26.8 Å². The van der Waals surface area contributed by atoms with Crippen molar-refractivity contribution in [3.8, 4) is 0 Å². The highest BCUT2D eigenvalue weighted by Crippen LogP contribution is 2.26. The molecule has 7 heteroatoms. The summed E-state index contributed by atoms with van der Waals surface area (Å²) >= 11 is 5.88. The lowest BCUT2D eigenvalue weighted by molar-refractivity contribution is -0.386. The van der Waals surface area contributed by atoms with Crippen LogP contribution >= 0.6 is 11.6 Å². The molecular weight excluding hydrogens is 294 g/mol. The number of halogens is 1. The molecule has 2 rings (SSSR count). The fraction of sp³-hybridized carbons (Fsp3) is 0.286. The lowest BCUT2D eigenvalue weighted by atomic mass is 10.1. The number of aromatic nitrogens is 2. The monoisotopic (exact) mass is 307 g/mol. The van der Waals surface area contributed by atoms with Crippen LogP contribution in [0.4, 0.5) is 5.69 Å². The first kappa shape index (κ1) is 15.2. The van der Waals surface area contributed by atoms with E-state index >= 15 is 0 Å². The normalized spacial score (nSPS) is 12.2. The van der Waals surface area contributed by atoms with Crippen molar-refractivity contribution in [2.24, 2.45) is 0 Å². The van der Waals surface area contributed by atoms with E-state index in [9.17, 15) is 14.9 Å². The number of benzene rings is 1. The number of aryl methyl sites for hydroxylation is 1. The molecule has 0 bridgehead atoms. The van der Waals surface area contributed by atoms with Gasteiger partial charge in [0, 0.05) is 10.6 Å². The number of carbonyl (C=O) groups is 1. The molecule has 2 aromatic rings. The topological polar surface area (TPSA) is 78.0 Å². The van der Waals surface area contributed by atoms with Crippen molar-refractivity contribution in [3.05, 3.63) is 56.4 Å². The van der Waals surface area contributed by atoms with E-state index in [2.05, 4.69) is 5.10 Å². The molecule has 1 aromatic heterocycles. The third-order valence-corrected chi connectivity index (χ3v) is 3.56. The lowest BCUT2D eigenvalue weighted by Crippen LogP contribution is -2.19. The van der Waals surface area contributed by atoms with E-state index in [0.717, 1.165) is 0 Å². The Kier molecular flexibility index (Phi) is 4.09. The molecule has 0 spiro atoms. The maximum atomic E-state index is 12.5. The van der Waals surface area contributed by atoms with Gasteiger partial charge in [-0.05, 0) is 32.9 Å².